The molecular formula is C12H24O3S. The van der Waals surface area contributed by atoms with Crippen molar-refractivity contribution in [1.82, 2.24) is 0 Å². The molecule has 1 heterocycles. The molecule has 1 aliphatic rings. The average molecular weight is 248 g/mol. The summed E-state index contributed by atoms with van der Waals surface area (Å²) in [5.41, 5.74) is 0.239. The second-order valence-electron chi connectivity index (χ2n) is 6.26. The SMILES string of the molecule is CC(C)(C)CCC(O)CC1CCS(=O)(=O)C1. The Morgan fingerprint density at radius 2 is 2.00 bits per heavy atom. The van der Waals surface area contributed by atoms with E-state index in [1.54, 1.807) is 0 Å². The van der Waals surface area contributed by atoms with Crippen LogP contribution in [0.1, 0.15) is 46.5 Å². The molecule has 96 valence electrons. The predicted octanol–water partition coefficient (Wildman–Crippen LogP) is 2.00. The molecule has 0 aliphatic carbocycles. The van der Waals surface area contributed by atoms with E-state index in [2.05, 4.69) is 20.8 Å². The topological polar surface area (TPSA) is 54.4 Å². The Morgan fingerprint density at radius 3 is 2.44 bits per heavy atom. The van der Waals surface area contributed by atoms with Gasteiger partial charge in [-0.1, -0.05) is 20.8 Å². The van der Waals surface area contributed by atoms with Gasteiger partial charge >= 0.3 is 0 Å². The van der Waals surface area contributed by atoms with Gasteiger partial charge in [-0.3, -0.25) is 0 Å². The number of aliphatic hydroxyl groups is 1. The van der Waals surface area contributed by atoms with E-state index >= 15 is 0 Å². The molecule has 1 rings (SSSR count). The molecule has 1 aliphatic heterocycles. The van der Waals surface area contributed by atoms with Crippen LogP contribution < -0.4 is 0 Å². The highest BCUT2D eigenvalue weighted by Crippen LogP contribution is 2.27. The van der Waals surface area contributed by atoms with Crippen LogP contribution in [0.3, 0.4) is 0 Å². The average Bonchev–Trinajstić information content (AvgIpc) is 2.41. The van der Waals surface area contributed by atoms with Crippen molar-refractivity contribution < 1.29 is 13.5 Å². The number of aliphatic hydroxyl groups excluding tert-OH is 1. The van der Waals surface area contributed by atoms with Crippen LogP contribution in [-0.4, -0.2) is 31.1 Å². The first kappa shape index (κ1) is 14.0. The number of hydrogen-bond donors (Lipinski definition) is 1. The van der Waals surface area contributed by atoms with Crippen LogP contribution in [0.2, 0.25) is 0 Å². The molecule has 0 amide bonds. The van der Waals surface area contributed by atoms with Gasteiger partial charge in [-0.25, -0.2) is 8.42 Å². The smallest absolute Gasteiger partial charge is 0.150 e. The Bertz CT molecular complexity index is 314. The molecule has 0 radical (unpaired) electrons. The highest BCUT2D eigenvalue weighted by atomic mass is 32.2. The van der Waals surface area contributed by atoms with Gasteiger partial charge in [0.15, 0.2) is 9.84 Å². The monoisotopic (exact) mass is 248 g/mol. The minimum absolute atomic E-state index is 0.181. The molecule has 0 saturated carbocycles. The molecule has 4 heteroatoms. The van der Waals surface area contributed by atoms with Crippen molar-refractivity contribution in [2.45, 2.75) is 52.6 Å². The quantitative estimate of drug-likeness (QED) is 0.828. The molecule has 1 N–H and O–H groups in total. The van der Waals surface area contributed by atoms with E-state index < -0.39 is 9.84 Å². The van der Waals surface area contributed by atoms with E-state index in [0.717, 1.165) is 19.3 Å². The maximum atomic E-state index is 11.3. The molecule has 2 unspecified atom stereocenters. The highest BCUT2D eigenvalue weighted by Gasteiger charge is 2.29. The number of hydrogen-bond acceptors (Lipinski definition) is 3. The fourth-order valence-electron chi connectivity index (χ4n) is 2.16. The summed E-state index contributed by atoms with van der Waals surface area (Å²) in [5.74, 6) is 0.767. The molecule has 16 heavy (non-hydrogen) atoms. The first-order chi connectivity index (χ1) is 7.18. The van der Waals surface area contributed by atoms with Crippen molar-refractivity contribution in [3.05, 3.63) is 0 Å². The third-order valence-corrected chi connectivity index (χ3v) is 5.00. The van der Waals surface area contributed by atoms with Crippen LogP contribution in [-0.2, 0) is 9.84 Å². The molecule has 3 nitrogen and oxygen atoms in total. The van der Waals surface area contributed by atoms with Gasteiger partial charge in [-0.2, -0.15) is 0 Å². The minimum atomic E-state index is -2.80. The third-order valence-electron chi connectivity index (χ3n) is 3.16. The molecule has 0 spiro atoms. The van der Waals surface area contributed by atoms with E-state index in [1.165, 1.54) is 0 Å². The van der Waals surface area contributed by atoms with Crippen LogP contribution >= 0.6 is 0 Å². The molecule has 0 aromatic heterocycles. The van der Waals surface area contributed by atoms with Gasteiger partial charge in [-0.05, 0) is 37.0 Å². The normalized spacial score (nSPS) is 26.9. The van der Waals surface area contributed by atoms with Gasteiger partial charge in [0, 0.05) is 0 Å². The van der Waals surface area contributed by atoms with Crippen molar-refractivity contribution in [2.75, 3.05) is 11.5 Å². The lowest BCUT2D eigenvalue weighted by atomic mass is 9.87. The van der Waals surface area contributed by atoms with E-state index in [0.29, 0.717) is 12.2 Å². The van der Waals surface area contributed by atoms with Gasteiger partial charge in [0.1, 0.15) is 0 Å². The van der Waals surface area contributed by atoms with Crippen LogP contribution in [0.25, 0.3) is 0 Å². The largest absolute Gasteiger partial charge is 0.393 e. The third kappa shape index (κ3) is 5.30. The maximum absolute atomic E-state index is 11.3. The Balaban J connectivity index is 2.28. The molecule has 1 fully saturated rings. The second kappa shape index (κ2) is 5.05. The molecule has 2 atom stereocenters. The van der Waals surface area contributed by atoms with Crippen molar-refractivity contribution in [3.8, 4) is 0 Å². The Kier molecular flexibility index (Phi) is 4.41. The molecule has 0 aromatic carbocycles. The summed E-state index contributed by atoms with van der Waals surface area (Å²) in [5, 5.41) is 9.85. The van der Waals surface area contributed by atoms with Gasteiger partial charge in [-0.15, -0.1) is 0 Å². The lowest BCUT2D eigenvalue weighted by molar-refractivity contribution is 0.121. The lowest BCUT2D eigenvalue weighted by Crippen LogP contribution is -2.17. The fourth-order valence-corrected chi connectivity index (χ4v) is 4.04. The molecular weight excluding hydrogens is 224 g/mol. The standard InChI is InChI=1S/C12H24O3S/c1-12(2,3)6-4-11(13)8-10-5-7-16(14,15)9-10/h10-11,13H,4-9H2,1-3H3. The van der Waals surface area contributed by atoms with E-state index in [9.17, 15) is 13.5 Å². The molecule has 0 bridgehead atoms. The van der Waals surface area contributed by atoms with Gasteiger partial charge in [0.25, 0.3) is 0 Å². The molecule has 0 aromatic rings. The van der Waals surface area contributed by atoms with Crippen molar-refractivity contribution in [1.29, 1.82) is 0 Å². The number of sulfone groups is 1. The summed E-state index contributed by atoms with van der Waals surface area (Å²) in [6.45, 7) is 6.46. The van der Waals surface area contributed by atoms with Crippen LogP contribution in [0.4, 0.5) is 0 Å². The van der Waals surface area contributed by atoms with Crippen molar-refractivity contribution in [3.63, 3.8) is 0 Å². The first-order valence-corrected chi connectivity index (χ1v) is 7.89. The van der Waals surface area contributed by atoms with E-state index in [-0.39, 0.29) is 23.2 Å². The van der Waals surface area contributed by atoms with Gasteiger partial charge in [0.2, 0.25) is 0 Å². The summed E-state index contributed by atoms with van der Waals surface area (Å²) in [4.78, 5) is 0. The summed E-state index contributed by atoms with van der Waals surface area (Å²) in [6, 6.07) is 0. The Hall–Kier alpha value is -0.0900. The van der Waals surface area contributed by atoms with E-state index in [4.69, 9.17) is 0 Å². The number of rotatable bonds is 4. The van der Waals surface area contributed by atoms with Gasteiger partial charge in [0.05, 0.1) is 17.6 Å². The van der Waals surface area contributed by atoms with Crippen LogP contribution in [0, 0.1) is 11.3 Å². The maximum Gasteiger partial charge on any atom is 0.150 e. The van der Waals surface area contributed by atoms with Crippen LogP contribution in [0.5, 0.6) is 0 Å². The van der Waals surface area contributed by atoms with Crippen molar-refractivity contribution in [2.24, 2.45) is 11.3 Å². The summed E-state index contributed by atoms with van der Waals surface area (Å²) >= 11 is 0. The first-order valence-electron chi connectivity index (χ1n) is 6.06. The van der Waals surface area contributed by atoms with E-state index in [1.807, 2.05) is 0 Å². The Morgan fingerprint density at radius 1 is 1.38 bits per heavy atom. The van der Waals surface area contributed by atoms with Gasteiger partial charge < -0.3 is 5.11 Å². The zero-order valence-corrected chi connectivity index (χ0v) is 11.4. The fraction of sp³-hybridized carbons (Fsp3) is 1.00. The summed E-state index contributed by atoms with van der Waals surface area (Å²) in [6.07, 6.45) is 2.80. The summed E-state index contributed by atoms with van der Waals surface area (Å²) in [7, 11) is -2.80. The molecule has 1 saturated heterocycles. The van der Waals surface area contributed by atoms with Crippen LogP contribution in [0.15, 0.2) is 0 Å². The Labute approximate surface area is 99.2 Å². The summed E-state index contributed by atoms with van der Waals surface area (Å²) < 4.78 is 22.5. The zero-order valence-electron chi connectivity index (χ0n) is 10.6. The minimum Gasteiger partial charge on any atom is -0.393 e. The second-order valence-corrected chi connectivity index (χ2v) is 8.49. The zero-order chi connectivity index (χ0) is 12.4. The highest BCUT2D eigenvalue weighted by molar-refractivity contribution is 7.91. The lowest BCUT2D eigenvalue weighted by Gasteiger charge is -2.21. The van der Waals surface area contributed by atoms with Crippen molar-refractivity contribution >= 4 is 9.84 Å². The predicted molar refractivity (Wildman–Crippen MR) is 66.1 cm³/mol.